The van der Waals surface area contributed by atoms with Crippen LogP contribution >= 0.6 is 11.3 Å². The van der Waals surface area contributed by atoms with Gasteiger partial charge in [-0.2, -0.15) is 0 Å². The van der Waals surface area contributed by atoms with Gasteiger partial charge in [-0.15, -0.1) is 0 Å². The smallest absolute Gasteiger partial charge is 0.308 e. The van der Waals surface area contributed by atoms with Gasteiger partial charge in [-0.25, -0.2) is 4.39 Å². The molecule has 7 heteroatoms. The summed E-state index contributed by atoms with van der Waals surface area (Å²) in [6.45, 7) is 1.78. The molecule has 5 nitrogen and oxygen atoms in total. The van der Waals surface area contributed by atoms with Crippen molar-refractivity contribution in [2.75, 3.05) is 0 Å². The highest BCUT2D eigenvalue weighted by Crippen LogP contribution is 2.14. The molecule has 1 amide bonds. The monoisotopic (exact) mass is 384 g/mol. The normalized spacial score (nSPS) is 10.6. The van der Waals surface area contributed by atoms with Crippen LogP contribution in [0, 0.1) is 12.7 Å². The molecular formula is C20H17FN2O3S. The van der Waals surface area contributed by atoms with E-state index in [9.17, 15) is 18.8 Å². The highest BCUT2D eigenvalue weighted by atomic mass is 32.1. The molecule has 0 spiro atoms. The van der Waals surface area contributed by atoms with Crippen LogP contribution < -0.4 is 10.2 Å². The van der Waals surface area contributed by atoms with E-state index in [4.69, 9.17) is 0 Å². The second kappa shape index (κ2) is 8.09. The van der Waals surface area contributed by atoms with E-state index in [1.807, 2.05) is 30.3 Å². The third kappa shape index (κ3) is 4.38. The lowest BCUT2D eigenvalue weighted by Gasteiger charge is -2.07. The van der Waals surface area contributed by atoms with Gasteiger partial charge in [0, 0.05) is 17.8 Å². The molecule has 0 aliphatic heterocycles. The molecule has 2 aromatic carbocycles. The van der Waals surface area contributed by atoms with Crippen molar-refractivity contribution >= 4 is 23.0 Å². The number of rotatable bonds is 6. The van der Waals surface area contributed by atoms with Crippen molar-refractivity contribution in [2.45, 2.75) is 20.0 Å². The lowest BCUT2D eigenvalue weighted by molar-refractivity contribution is 0.0945. The number of benzene rings is 2. The van der Waals surface area contributed by atoms with Gasteiger partial charge in [0.1, 0.15) is 10.7 Å². The van der Waals surface area contributed by atoms with Crippen molar-refractivity contribution in [3.63, 3.8) is 0 Å². The van der Waals surface area contributed by atoms with Gasteiger partial charge in [-0.3, -0.25) is 19.0 Å². The number of aromatic nitrogens is 1. The molecule has 3 rings (SSSR count). The summed E-state index contributed by atoms with van der Waals surface area (Å²) in [4.78, 5) is 36.9. The summed E-state index contributed by atoms with van der Waals surface area (Å²) in [5.41, 5.74) is 1.69. The molecular weight excluding hydrogens is 367 g/mol. The molecule has 27 heavy (non-hydrogen) atoms. The van der Waals surface area contributed by atoms with Crippen LogP contribution in [-0.2, 0) is 13.1 Å². The first-order valence-electron chi connectivity index (χ1n) is 8.27. The van der Waals surface area contributed by atoms with Crippen LogP contribution in [0.1, 0.15) is 31.3 Å². The molecule has 0 saturated carbocycles. The van der Waals surface area contributed by atoms with E-state index < -0.39 is 5.82 Å². The molecule has 0 bridgehead atoms. The highest BCUT2D eigenvalue weighted by Gasteiger charge is 2.19. The second-order valence-corrected chi connectivity index (χ2v) is 6.93. The number of hydrogen-bond acceptors (Lipinski definition) is 4. The Kier molecular flexibility index (Phi) is 5.61. The van der Waals surface area contributed by atoms with Crippen LogP contribution in [0.3, 0.4) is 0 Å². The van der Waals surface area contributed by atoms with Gasteiger partial charge in [0.2, 0.25) is 0 Å². The first-order valence-corrected chi connectivity index (χ1v) is 9.08. The van der Waals surface area contributed by atoms with Gasteiger partial charge in [0.25, 0.3) is 5.91 Å². The fourth-order valence-corrected chi connectivity index (χ4v) is 3.51. The Morgan fingerprint density at radius 1 is 1.07 bits per heavy atom. The summed E-state index contributed by atoms with van der Waals surface area (Å²) >= 11 is 0.807. The molecule has 0 unspecified atom stereocenters. The van der Waals surface area contributed by atoms with Gasteiger partial charge >= 0.3 is 4.87 Å². The minimum atomic E-state index is -0.437. The summed E-state index contributed by atoms with van der Waals surface area (Å²) in [5.74, 6) is -1.12. The lowest BCUT2D eigenvalue weighted by atomic mass is 10.1. The van der Waals surface area contributed by atoms with Crippen LogP contribution in [0.4, 0.5) is 4.39 Å². The molecule has 0 aliphatic rings. The van der Waals surface area contributed by atoms with E-state index in [-0.39, 0.29) is 28.0 Å². The third-order valence-electron chi connectivity index (χ3n) is 4.11. The first-order chi connectivity index (χ1) is 13.0. The van der Waals surface area contributed by atoms with E-state index in [0.717, 1.165) is 16.9 Å². The number of hydrogen-bond donors (Lipinski definition) is 1. The Balaban J connectivity index is 1.74. The summed E-state index contributed by atoms with van der Waals surface area (Å²) in [5, 5.41) is 2.78. The summed E-state index contributed by atoms with van der Waals surface area (Å²) in [7, 11) is 0. The third-order valence-corrected chi connectivity index (χ3v) is 5.19. The van der Waals surface area contributed by atoms with Crippen LogP contribution in [0.5, 0.6) is 0 Å². The number of thiazole rings is 1. The van der Waals surface area contributed by atoms with Crippen LogP contribution in [-0.4, -0.2) is 16.3 Å². The van der Waals surface area contributed by atoms with Crippen molar-refractivity contribution in [1.29, 1.82) is 0 Å². The zero-order chi connectivity index (χ0) is 19.4. The average Bonchev–Trinajstić information content (AvgIpc) is 2.95. The lowest BCUT2D eigenvalue weighted by Crippen LogP contribution is -2.24. The van der Waals surface area contributed by atoms with E-state index in [1.54, 1.807) is 6.92 Å². The largest absolute Gasteiger partial charge is 0.347 e. The van der Waals surface area contributed by atoms with Crippen molar-refractivity contribution in [1.82, 2.24) is 9.88 Å². The zero-order valence-electron chi connectivity index (χ0n) is 14.6. The van der Waals surface area contributed by atoms with Crippen LogP contribution in [0.2, 0.25) is 0 Å². The molecule has 1 heterocycles. The Hall–Kier alpha value is -3.06. The first kappa shape index (κ1) is 18.7. The summed E-state index contributed by atoms with van der Waals surface area (Å²) in [6, 6.07) is 14.6. The number of carbonyl (C=O) groups excluding carboxylic acids is 2. The quantitative estimate of drug-likeness (QED) is 0.664. The second-order valence-electron chi connectivity index (χ2n) is 5.97. The number of carbonyl (C=O) groups is 2. The molecule has 0 radical (unpaired) electrons. The fraction of sp³-hybridized carbons (Fsp3) is 0.150. The van der Waals surface area contributed by atoms with Gasteiger partial charge in [-0.05, 0) is 36.8 Å². The maximum absolute atomic E-state index is 13.0. The minimum absolute atomic E-state index is 0.196. The van der Waals surface area contributed by atoms with Gasteiger partial charge in [0.05, 0.1) is 6.54 Å². The van der Waals surface area contributed by atoms with Crippen LogP contribution in [0.25, 0.3) is 0 Å². The number of nitrogens with one attached hydrogen (secondary N) is 1. The van der Waals surface area contributed by atoms with E-state index in [1.165, 1.54) is 28.8 Å². The van der Waals surface area contributed by atoms with Gasteiger partial charge in [0.15, 0.2) is 5.78 Å². The molecule has 0 saturated heterocycles. The zero-order valence-corrected chi connectivity index (χ0v) is 15.4. The highest BCUT2D eigenvalue weighted by molar-refractivity contribution is 7.11. The van der Waals surface area contributed by atoms with Gasteiger partial charge in [-0.1, -0.05) is 41.7 Å². The summed E-state index contributed by atoms with van der Waals surface area (Å²) < 4.78 is 14.3. The maximum Gasteiger partial charge on any atom is 0.308 e. The van der Waals surface area contributed by atoms with Crippen molar-refractivity contribution in [3.05, 3.63) is 91.8 Å². The Morgan fingerprint density at radius 3 is 2.41 bits per heavy atom. The Morgan fingerprint density at radius 2 is 1.74 bits per heavy atom. The number of nitrogens with zero attached hydrogens (tertiary/aromatic N) is 1. The number of amides is 1. The Labute approximate surface area is 159 Å². The number of ketones is 1. The SMILES string of the molecule is Cc1c(C(=O)NCc2ccccc2)sc(=O)n1CC(=O)c1ccc(F)cc1. The molecule has 1 N–H and O–H groups in total. The molecule has 0 aliphatic carbocycles. The maximum atomic E-state index is 13.0. The van der Waals surface area contributed by atoms with Crippen LogP contribution in [0.15, 0.2) is 59.4 Å². The number of halogens is 1. The van der Waals surface area contributed by atoms with E-state index in [2.05, 4.69) is 5.32 Å². The molecule has 0 atom stereocenters. The van der Waals surface area contributed by atoms with E-state index in [0.29, 0.717) is 17.8 Å². The average molecular weight is 384 g/mol. The predicted molar refractivity (Wildman–Crippen MR) is 102 cm³/mol. The number of Topliss-reactive ketones (excluding diaryl/α,β-unsaturated/α-hetero) is 1. The van der Waals surface area contributed by atoms with Crippen molar-refractivity contribution in [2.24, 2.45) is 0 Å². The Bertz CT molecular complexity index is 1020. The van der Waals surface area contributed by atoms with Crippen molar-refractivity contribution in [3.8, 4) is 0 Å². The predicted octanol–water partition coefficient (Wildman–Crippen LogP) is 3.17. The molecule has 1 aromatic heterocycles. The van der Waals surface area contributed by atoms with Gasteiger partial charge < -0.3 is 5.32 Å². The van der Waals surface area contributed by atoms with E-state index >= 15 is 0 Å². The molecule has 0 fully saturated rings. The molecule has 3 aromatic rings. The topological polar surface area (TPSA) is 68.2 Å². The van der Waals surface area contributed by atoms with Crippen molar-refractivity contribution < 1.29 is 14.0 Å². The minimum Gasteiger partial charge on any atom is -0.347 e. The standard InChI is InChI=1S/C20H17FN2O3S/c1-13-18(19(25)22-11-14-5-3-2-4-6-14)27-20(26)23(13)12-17(24)15-7-9-16(21)10-8-15/h2-10H,11-12H2,1H3,(H,22,25). The summed E-state index contributed by atoms with van der Waals surface area (Å²) in [6.07, 6.45) is 0. The molecule has 138 valence electrons. The fourth-order valence-electron chi connectivity index (χ4n) is 2.60.